The second-order valence-electron chi connectivity index (χ2n) is 3.88. The van der Waals surface area contributed by atoms with E-state index in [1.54, 1.807) is 18.2 Å². The van der Waals surface area contributed by atoms with E-state index in [1.165, 1.54) is 12.1 Å². The van der Waals surface area contributed by atoms with Gasteiger partial charge in [0.15, 0.2) is 0 Å². The summed E-state index contributed by atoms with van der Waals surface area (Å²) in [5.74, 6) is 0.189. The molecule has 2 nitrogen and oxygen atoms in total. The maximum Gasteiger partial charge on any atom is 0.141 e. The third-order valence-corrected chi connectivity index (χ3v) is 3.16. The van der Waals surface area contributed by atoms with Crippen LogP contribution in [0.4, 0.5) is 4.39 Å². The van der Waals surface area contributed by atoms with Crippen molar-refractivity contribution in [1.82, 2.24) is 9.97 Å². The zero-order valence-electron chi connectivity index (χ0n) is 9.05. The van der Waals surface area contributed by atoms with Crippen LogP contribution in [0.3, 0.4) is 0 Å². The number of aromatic nitrogens is 2. The average molecular weight is 281 g/mol. The molecule has 90 valence electrons. The van der Waals surface area contributed by atoms with Gasteiger partial charge < -0.3 is 4.98 Å². The summed E-state index contributed by atoms with van der Waals surface area (Å²) in [4.78, 5) is 7.52. The van der Waals surface area contributed by atoms with E-state index in [0.29, 0.717) is 10.8 Å². The first-order valence-corrected chi connectivity index (χ1v) is 6.00. The Morgan fingerprint density at radius 2 is 1.89 bits per heavy atom. The summed E-state index contributed by atoms with van der Waals surface area (Å²) in [5.41, 5.74) is 2.36. The quantitative estimate of drug-likeness (QED) is 0.689. The largest absolute Gasteiger partial charge is 0.338 e. The van der Waals surface area contributed by atoms with Gasteiger partial charge in [-0.3, -0.25) is 0 Å². The number of halogens is 3. The number of nitrogens with one attached hydrogen (secondary N) is 1. The molecule has 0 saturated carbocycles. The summed E-state index contributed by atoms with van der Waals surface area (Å²) in [6.07, 6.45) is 0. The normalized spacial score (nSPS) is 11.1. The van der Waals surface area contributed by atoms with Gasteiger partial charge in [0.25, 0.3) is 0 Å². The number of rotatable bonds is 1. The molecule has 0 aliphatic rings. The van der Waals surface area contributed by atoms with Gasteiger partial charge in [0, 0.05) is 10.6 Å². The van der Waals surface area contributed by atoms with Gasteiger partial charge >= 0.3 is 0 Å². The van der Waals surface area contributed by atoms with Crippen molar-refractivity contribution in [1.29, 1.82) is 0 Å². The molecule has 0 spiro atoms. The smallest absolute Gasteiger partial charge is 0.141 e. The van der Waals surface area contributed by atoms with E-state index in [4.69, 9.17) is 23.2 Å². The predicted octanol–water partition coefficient (Wildman–Crippen LogP) is 4.68. The minimum Gasteiger partial charge on any atom is -0.338 e. The minimum atomic E-state index is -0.445. The summed E-state index contributed by atoms with van der Waals surface area (Å²) in [5, 5.41) is 0.709. The number of benzene rings is 2. The standard InChI is InChI=1S/C13H7Cl2FN2/c14-8-2-4-11-12(6-8)18-13(17-11)7-1-3-10(16)9(15)5-7/h1-6H,(H,17,18). The van der Waals surface area contributed by atoms with E-state index in [1.807, 2.05) is 6.07 Å². The maximum absolute atomic E-state index is 13.1. The van der Waals surface area contributed by atoms with Crippen molar-refractivity contribution < 1.29 is 4.39 Å². The highest BCUT2D eigenvalue weighted by atomic mass is 35.5. The highest BCUT2D eigenvalue weighted by Crippen LogP contribution is 2.26. The lowest BCUT2D eigenvalue weighted by Gasteiger charge is -1.98. The Hall–Kier alpha value is -1.58. The van der Waals surface area contributed by atoms with Crippen LogP contribution < -0.4 is 0 Å². The number of H-pyrrole nitrogens is 1. The van der Waals surface area contributed by atoms with Gasteiger partial charge in [-0.05, 0) is 36.4 Å². The van der Waals surface area contributed by atoms with Crippen LogP contribution in [0.25, 0.3) is 22.4 Å². The third kappa shape index (κ3) is 1.96. The molecule has 1 aromatic heterocycles. The van der Waals surface area contributed by atoms with Crippen LogP contribution in [0.1, 0.15) is 0 Å². The van der Waals surface area contributed by atoms with E-state index in [0.717, 1.165) is 16.6 Å². The molecule has 0 unspecified atom stereocenters. The molecule has 5 heteroatoms. The van der Waals surface area contributed by atoms with E-state index >= 15 is 0 Å². The Balaban J connectivity index is 2.16. The molecule has 0 fully saturated rings. The number of fused-ring (bicyclic) bond motifs is 1. The molecule has 1 N–H and O–H groups in total. The number of imidazole rings is 1. The molecule has 0 bridgehead atoms. The van der Waals surface area contributed by atoms with Crippen molar-refractivity contribution in [3.63, 3.8) is 0 Å². The fraction of sp³-hybridized carbons (Fsp3) is 0. The van der Waals surface area contributed by atoms with Crippen LogP contribution in [0.15, 0.2) is 36.4 Å². The average Bonchev–Trinajstić information content (AvgIpc) is 2.75. The third-order valence-electron chi connectivity index (χ3n) is 2.64. The molecule has 0 aliphatic heterocycles. The Kier molecular flexibility index (Phi) is 2.73. The van der Waals surface area contributed by atoms with Crippen molar-refractivity contribution in [2.24, 2.45) is 0 Å². The SMILES string of the molecule is Fc1ccc(-c2nc3ccc(Cl)cc3[nH]2)cc1Cl. The van der Waals surface area contributed by atoms with Gasteiger partial charge in [-0.1, -0.05) is 23.2 Å². The Morgan fingerprint density at radius 3 is 2.67 bits per heavy atom. The van der Waals surface area contributed by atoms with Gasteiger partial charge in [-0.2, -0.15) is 0 Å². The zero-order valence-corrected chi connectivity index (χ0v) is 10.6. The molecular weight excluding hydrogens is 274 g/mol. The predicted molar refractivity (Wildman–Crippen MR) is 71.5 cm³/mol. The fourth-order valence-electron chi connectivity index (χ4n) is 1.76. The molecule has 3 aromatic rings. The Labute approximate surface area is 112 Å². The van der Waals surface area contributed by atoms with Crippen LogP contribution in [-0.2, 0) is 0 Å². The van der Waals surface area contributed by atoms with Gasteiger partial charge in [-0.25, -0.2) is 9.37 Å². The highest BCUT2D eigenvalue weighted by Gasteiger charge is 2.08. The van der Waals surface area contributed by atoms with E-state index in [9.17, 15) is 4.39 Å². The van der Waals surface area contributed by atoms with Crippen molar-refractivity contribution in [3.8, 4) is 11.4 Å². The van der Waals surface area contributed by atoms with E-state index < -0.39 is 5.82 Å². The molecule has 0 radical (unpaired) electrons. The first-order valence-electron chi connectivity index (χ1n) is 5.24. The monoisotopic (exact) mass is 280 g/mol. The summed E-state index contributed by atoms with van der Waals surface area (Å²) < 4.78 is 13.1. The van der Waals surface area contributed by atoms with Crippen LogP contribution in [0.5, 0.6) is 0 Å². The van der Waals surface area contributed by atoms with Crippen LogP contribution in [0, 0.1) is 5.82 Å². The molecular formula is C13H7Cl2FN2. The highest BCUT2D eigenvalue weighted by molar-refractivity contribution is 6.31. The van der Waals surface area contributed by atoms with Gasteiger partial charge in [0.05, 0.1) is 16.1 Å². The van der Waals surface area contributed by atoms with Crippen LogP contribution in [-0.4, -0.2) is 9.97 Å². The van der Waals surface area contributed by atoms with Crippen molar-refractivity contribution in [3.05, 3.63) is 52.3 Å². The molecule has 0 aliphatic carbocycles. The van der Waals surface area contributed by atoms with E-state index in [-0.39, 0.29) is 5.02 Å². The van der Waals surface area contributed by atoms with Crippen molar-refractivity contribution >= 4 is 34.2 Å². The molecule has 0 atom stereocenters. The van der Waals surface area contributed by atoms with Crippen LogP contribution in [0.2, 0.25) is 10.0 Å². The molecule has 3 rings (SSSR count). The Bertz CT molecular complexity index is 737. The second-order valence-corrected chi connectivity index (χ2v) is 4.72. The van der Waals surface area contributed by atoms with Crippen LogP contribution >= 0.6 is 23.2 Å². The minimum absolute atomic E-state index is 0.0750. The molecule has 0 saturated heterocycles. The molecule has 1 heterocycles. The Morgan fingerprint density at radius 1 is 1.06 bits per heavy atom. The first-order chi connectivity index (χ1) is 8.63. The number of hydrogen-bond donors (Lipinski definition) is 1. The molecule has 0 amide bonds. The summed E-state index contributed by atoms with van der Waals surface area (Å²) in [7, 11) is 0. The summed E-state index contributed by atoms with van der Waals surface area (Å²) in [6.45, 7) is 0. The lowest BCUT2D eigenvalue weighted by molar-refractivity contribution is 0.628. The van der Waals surface area contributed by atoms with Gasteiger partial charge in [0.1, 0.15) is 11.6 Å². The first kappa shape index (κ1) is 11.5. The number of nitrogens with zero attached hydrogens (tertiary/aromatic N) is 1. The zero-order chi connectivity index (χ0) is 12.7. The number of aromatic amines is 1. The lowest BCUT2D eigenvalue weighted by Crippen LogP contribution is -1.82. The lowest BCUT2D eigenvalue weighted by atomic mass is 10.2. The van der Waals surface area contributed by atoms with Crippen molar-refractivity contribution in [2.45, 2.75) is 0 Å². The summed E-state index contributed by atoms with van der Waals surface area (Å²) in [6, 6.07) is 9.86. The maximum atomic E-state index is 13.1. The van der Waals surface area contributed by atoms with Gasteiger partial charge in [0.2, 0.25) is 0 Å². The molecule has 2 aromatic carbocycles. The second kappa shape index (κ2) is 4.26. The molecule has 18 heavy (non-hydrogen) atoms. The van der Waals surface area contributed by atoms with Gasteiger partial charge in [-0.15, -0.1) is 0 Å². The summed E-state index contributed by atoms with van der Waals surface area (Å²) >= 11 is 11.7. The van der Waals surface area contributed by atoms with Crippen molar-refractivity contribution in [2.75, 3.05) is 0 Å². The fourth-order valence-corrected chi connectivity index (χ4v) is 2.11. The number of hydrogen-bond acceptors (Lipinski definition) is 1. The topological polar surface area (TPSA) is 28.7 Å². The van der Waals surface area contributed by atoms with E-state index in [2.05, 4.69) is 9.97 Å².